The summed E-state index contributed by atoms with van der Waals surface area (Å²) < 4.78 is 1.50. The third-order valence-corrected chi connectivity index (χ3v) is 5.85. The molecule has 2 rings (SSSR count). The second kappa shape index (κ2) is 4.79. The van der Waals surface area contributed by atoms with Crippen molar-refractivity contribution < 1.29 is 4.79 Å². The molecule has 16 heavy (non-hydrogen) atoms. The van der Waals surface area contributed by atoms with E-state index in [0.717, 1.165) is 22.2 Å². The Morgan fingerprint density at radius 3 is 2.56 bits per heavy atom. The highest BCUT2D eigenvalue weighted by Crippen LogP contribution is 2.42. The Hall–Kier alpha value is 0.140. The number of thiophene rings is 1. The Labute approximate surface area is 113 Å². The summed E-state index contributed by atoms with van der Waals surface area (Å²) in [5.41, 5.74) is -0.161. The second-order valence-electron chi connectivity index (χ2n) is 4.68. The first-order valence-electron chi connectivity index (χ1n) is 5.52. The molecule has 0 amide bonds. The molecule has 1 aromatic rings. The molecular formula is C12H14BrClOS. The van der Waals surface area contributed by atoms with Crippen molar-refractivity contribution in [2.45, 2.75) is 39.0 Å². The van der Waals surface area contributed by atoms with E-state index in [1.807, 2.05) is 6.07 Å². The monoisotopic (exact) mass is 320 g/mol. The second-order valence-corrected chi connectivity index (χ2v) is 7.19. The van der Waals surface area contributed by atoms with E-state index in [4.69, 9.17) is 11.6 Å². The Morgan fingerprint density at radius 1 is 1.44 bits per heavy atom. The number of hydrogen-bond donors (Lipinski definition) is 0. The molecule has 1 saturated carbocycles. The SMILES string of the molecule is CC1(C(=O)c2cc(Br)c(Cl)s2)CCCCC1. The molecule has 0 N–H and O–H groups in total. The lowest BCUT2D eigenvalue weighted by Gasteiger charge is -2.31. The number of halogens is 2. The third-order valence-electron chi connectivity index (χ3n) is 3.37. The summed E-state index contributed by atoms with van der Waals surface area (Å²) in [4.78, 5) is 13.2. The lowest BCUT2D eigenvalue weighted by Crippen LogP contribution is -2.29. The quantitative estimate of drug-likeness (QED) is 0.674. The molecule has 0 atom stereocenters. The lowest BCUT2D eigenvalue weighted by atomic mass is 9.72. The van der Waals surface area contributed by atoms with Gasteiger partial charge in [-0.1, -0.05) is 37.8 Å². The number of Topliss-reactive ketones (excluding diaryl/α,β-unsaturated/α-hetero) is 1. The van der Waals surface area contributed by atoms with Gasteiger partial charge in [0.25, 0.3) is 0 Å². The maximum Gasteiger partial charge on any atom is 0.178 e. The van der Waals surface area contributed by atoms with Crippen LogP contribution in [0.4, 0.5) is 0 Å². The van der Waals surface area contributed by atoms with Crippen molar-refractivity contribution >= 4 is 44.7 Å². The van der Waals surface area contributed by atoms with Crippen LogP contribution in [0.5, 0.6) is 0 Å². The standard InChI is InChI=1S/C12H14BrClOS/c1-12(5-3-2-4-6-12)10(15)9-7-8(13)11(14)16-9/h7H,2-6H2,1H3. The molecule has 0 bridgehead atoms. The van der Waals surface area contributed by atoms with Crippen molar-refractivity contribution in [3.63, 3.8) is 0 Å². The van der Waals surface area contributed by atoms with Crippen molar-refractivity contribution in [2.75, 3.05) is 0 Å². The zero-order valence-electron chi connectivity index (χ0n) is 9.19. The molecule has 0 unspecified atom stereocenters. The van der Waals surface area contributed by atoms with Crippen molar-refractivity contribution in [2.24, 2.45) is 5.41 Å². The van der Waals surface area contributed by atoms with Crippen molar-refractivity contribution in [3.05, 3.63) is 19.8 Å². The largest absolute Gasteiger partial charge is 0.293 e. The van der Waals surface area contributed by atoms with Crippen LogP contribution in [0, 0.1) is 5.41 Å². The van der Waals surface area contributed by atoms with Crippen LogP contribution in [0.15, 0.2) is 10.5 Å². The van der Waals surface area contributed by atoms with Gasteiger partial charge >= 0.3 is 0 Å². The van der Waals surface area contributed by atoms with E-state index in [1.165, 1.54) is 30.6 Å². The van der Waals surface area contributed by atoms with Gasteiger partial charge < -0.3 is 0 Å². The summed E-state index contributed by atoms with van der Waals surface area (Å²) in [7, 11) is 0. The summed E-state index contributed by atoms with van der Waals surface area (Å²) in [6.07, 6.45) is 5.63. The minimum Gasteiger partial charge on any atom is -0.293 e. The van der Waals surface area contributed by atoms with Gasteiger partial charge in [0.05, 0.1) is 4.88 Å². The van der Waals surface area contributed by atoms with Crippen molar-refractivity contribution in [3.8, 4) is 0 Å². The Bertz CT molecular complexity index is 388. The predicted molar refractivity (Wildman–Crippen MR) is 72.6 cm³/mol. The van der Waals surface area contributed by atoms with Gasteiger partial charge in [-0.3, -0.25) is 4.79 Å². The molecule has 1 aliphatic rings. The fourth-order valence-corrected chi connectivity index (χ4v) is 4.11. The molecule has 88 valence electrons. The topological polar surface area (TPSA) is 17.1 Å². The van der Waals surface area contributed by atoms with Gasteiger partial charge in [0.15, 0.2) is 5.78 Å². The number of ketones is 1. The fourth-order valence-electron chi connectivity index (χ4n) is 2.32. The number of hydrogen-bond acceptors (Lipinski definition) is 2. The van der Waals surface area contributed by atoms with Gasteiger partial charge in [-0.25, -0.2) is 0 Å². The molecule has 0 aliphatic heterocycles. The van der Waals surface area contributed by atoms with E-state index >= 15 is 0 Å². The maximum atomic E-state index is 12.4. The van der Waals surface area contributed by atoms with E-state index in [0.29, 0.717) is 4.34 Å². The molecule has 0 radical (unpaired) electrons. The molecule has 1 nitrogen and oxygen atoms in total. The minimum atomic E-state index is -0.161. The van der Waals surface area contributed by atoms with E-state index < -0.39 is 0 Å². The molecule has 1 heterocycles. The Balaban J connectivity index is 2.23. The molecule has 0 spiro atoms. The highest BCUT2D eigenvalue weighted by Gasteiger charge is 2.36. The van der Waals surface area contributed by atoms with Crippen LogP contribution in [0.25, 0.3) is 0 Å². The van der Waals surface area contributed by atoms with Gasteiger partial charge in [0, 0.05) is 9.89 Å². The van der Waals surface area contributed by atoms with Gasteiger partial charge in [-0.05, 0) is 34.8 Å². The van der Waals surface area contributed by atoms with E-state index in [2.05, 4.69) is 22.9 Å². The summed E-state index contributed by atoms with van der Waals surface area (Å²) in [5, 5.41) is 0. The first-order chi connectivity index (χ1) is 7.53. The average molecular weight is 322 g/mol. The molecule has 0 aromatic carbocycles. The zero-order chi connectivity index (χ0) is 11.8. The summed E-state index contributed by atoms with van der Waals surface area (Å²) >= 11 is 10.7. The van der Waals surface area contributed by atoms with Gasteiger partial charge in [0.1, 0.15) is 4.34 Å². The molecule has 1 aliphatic carbocycles. The van der Waals surface area contributed by atoms with Crippen molar-refractivity contribution in [1.29, 1.82) is 0 Å². The van der Waals surface area contributed by atoms with Crippen LogP contribution in [0.2, 0.25) is 4.34 Å². The Morgan fingerprint density at radius 2 is 2.06 bits per heavy atom. The lowest BCUT2D eigenvalue weighted by molar-refractivity contribution is 0.0754. The summed E-state index contributed by atoms with van der Waals surface area (Å²) in [5.74, 6) is 0.268. The van der Waals surface area contributed by atoms with E-state index in [-0.39, 0.29) is 11.2 Å². The highest BCUT2D eigenvalue weighted by molar-refractivity contribution is 9.10. The van der Waals surface area contributed by atoms with Crippen LogP contribution in [0.1, 0.15) is 48.7 Å². The maximum absolute atomic E-state index is 12.4. The first-order valence-corrected chi connectivity index (χ1v) is 7.51. The van der Waals surface area contributed by atoms with Crippen LogP contribution in [0.3, 0.4) is 0 Å². The number of carbonyl (C=O) groups is 1. The van der Waals surface area contributed by atoms with Crippen LogP contribution in [-0.4, -0.2) is 5.78 Å². The van der Waals surface area contributed by atoms with E-state index in [1.54, 1.807) is 0 Å². The predicted octanol–water partition coefficient (Wildman–Crippen LogP) is 5.32. The fraction of sp³-hybridized carbons (Fsp3) is 0.583. The molecule has 1 fully saturated rings. The van der Waals surface area contributed by atoms with Gasteiger partial charge in [-0.2, -0.15) is 0 Å². The summed E-state index contributed by atoms with van der Waals surface area (Å²) in [6.45, 7) is 2.09. The minimum absolute atomic E-state index is 0.161. The molecular weight excluding hydrogens is 308 g/mol. The van der Waals surface area contributed by atoms with Crippen LogP contribution in [-0.2, 0) is 0 Å². The van der Waals surface area contributed by atoms with Crippen LogP contribution < -0.4 is 0 Å². The first kappa shape index (κ1) is 12.6. The van der Waals surface area contributed by atoms with Crippen molar-refractivity contribution in [1.82, 2.24) is 0 Å². The summed E-state index contributed by atoms with van der Waals surface area (Å²) in [6, 6.07) is 1.86. The van der Waals surface area contributed by atoms with Crippen LogP contribution >= 0.6 is 38.9 Å². The molecule has 4 heteroatoms. The highest BCUT2D eigenvalue weighted by atomic mass is 79.9. The Kier molecular flexibility index (Phi) is 3.77. The number of carbonyl (C=O) groups excluding carboxylic acids is 1. The zero-order valence-corrected chi connectivity index (χ0v) is 12.3. The molecule has 0 saturated heterocycles. The third kappa shape index (κ3) is 2.36. The normalized spacial score (nSPS) is 19.7. The smallest absolute Gasteiger partial charge is 0.178 e. The molecule has 1 aromatic heterocycles. The van der Waals surface area contributed by atoms with Gasteiger partial charge in [0.2, 0.25) is 0 Å². The van der Waals surface area contributed by atoms with E-state index in [9.17, 15) is 4.79 Å². The number of rotatable bonds is 2. The van der Waals surface area contributed by atoms with Gasteiger partial charge in [-0.15, -0.1) is 11.3 Å². The average Bonchev–Trinajstić information content (AvgIpc) is 2.59.